The number of primary amides is 1. The topological polar surface area (TPSA) is 117 Å². The lowest BCUT2D eigenvalue weighted by molar-refractivity contribution is -0.814. The van der Waals surface area contributed by atoms with E-state index in [1.54, 1.807) is 0 Å². The van der Waals surface area contributed by atoms with Crippen LogP contribution < -0.4 is 10.3 Å². The smallest absolute Gasteiger partial charge is 0.324 e. The first-order valence-corrected chi connectivity index (χ1v) is 5.44. The summed E-state index contributed by atoms with van der Waals surface area (Å²) in [5.74, 6) is -0.634. The van der Waals surface area contributed by atoms with E-state index in [-0.39, 0.29) is 12.2 Å². The number of amides is 1. The zero-order valence-corrected chi connectivity index (χ0v) is 9.56. The second kappa shape index (κ2) is 4.62. The van der Waals surface area contributed by atoms with Crippen molar-refractivity contribution in [2.75, 3.05) is 13.2 Å². The van der Waals surface area contributed by atoms with Gasteiger partial charge in [0.2, 0.25) is 0 Å². The number of rotatable bonds is 3. The van der Waals surface area contributed by atoms with Crippen molar-refractivity contribution in [1.82, 2.24) is 0 Å². The van der Waals surface area contributed by atoms with Crippen LogP contribution in [-0.4, -0.2) is 46.6 Å². The second-order valence-electron chi connectivity index (χ2n) is 4.19. The molecule has 1 aromatic rings. The molecule has 0 aliphatic carbocycles. The van der Waals surface area contributed by atoms with E-state index in [1.165, 1.54) is 29.1 Å². The predicted molar refractivity (Wildman–Crippen MR) is 58.2 cm³/mol. The number of hydrogen-bond donors (Lipinski definition) is 4. The van der Waals surface area contributed by atoms with Gasteiger partial charge in [0.05, 0.1) is 6.61 Å². The molecule has 0 aromatic carbocycles. The van der Waals surface area contributed by atoms with Crippen LogP contribution in [0.3, 0.4) is 0 Å². The monoisotopic (exact) mass is 255 g/mol. The summed E-state index contributed by atoms with van der Waals surface area (Å²) in [4.78, 5) is 11.1. The zero-order valence-electron chi connectivity index (χ0n) is 9.56. The Balaban J connectivity index is 2.45. The molecule has 1 saturated heterocycles. The largest absolute Gasteiger partial charge is 0.388 e. The molecule has 7 nitrogen and oxygen atoms in total. The highest BCUT2D eigenvalue weighted by atomic mass is 16.6. The molecular formula is C11H15N2O5+. The average molecular weight is 255 g/mol. The number of nitrogens with zero attached hydrogens (tertiary/aromatic N) is 1. The van der Waals surface area contributed by atoms with Gasteiger partial charge in [-0.05, 0) is 6.07 Å². The first-order chi connectivity index (χ1) is 8.51. The number of aliphatic hydroxyl groups excluding tert-OH is 3. The number of ether oxygens (including phenoxy) is 1. The van der Waals surface area contributed by atoms with Crippen LogP contribution in [0, 0.1) is 0 Å². The molecule has 1 aromatic heterocycles. The SMILES string of the molecule is NC(=O)c1ccc[n+]([C@@]2(CO)OC[C@H](O)[C@H]2O)c1. The van der Waals surface area contributed by atoms with E-state index in [9.17, 15) is 20.1 Å². The van der Waals surface area contributed by atoms with Crippen molar-refractivity contribution in [3.63, 3.8) is 0 Å². The molecule has 1 fully saturated rings. The number of aliphatic hydroxyl groups is 3. The number of carbonyl (C=O) groups excluding carboxylic acids is 1. The second-order valence-corrected chi connectivity index (χ2v) is 4.19. The minimum absolute atomic E-state index is 0.102. The number of nitrogens with two attached hydrogens (primary N) is 1. The van der Waals surface area contributed by atoms with Crippen LogP contribution >= 0.6 is 0 Å². The summed E-state index contributed by atoms with van der Waals surface area (Å²) in [6, 6.07) is 3.04. The lowest BCUT2D eigenvalue weighted by Gasteiger charge is -2.23. The maximum absolute atomic E-state index is 11.1. The Labute approximate surface area is 103 Å². The Bertz CT molecular complexity index is 467. The van der Waals surface area contributed by atoms with Crippen LogP contribution in [0.4, 0.5) is 0 Å². The summed E-state index contributed by atoms with van der Waals surface area (Å²) >= 11 is 0. The maximum atomic E-state index is 11.1. The summed E-state index contributed by atoms with van der Waals surface area (Å²) in [6.45, 7) is -0.645. The first-order valence-electron chi connectivity index (χ1n) is 5.44. The van der Waals surface area contributed by atoms with Gasteiger partial charge >= 0.3 is 5.72 Å². The fourth-order valence-corrected chi connectivity index (χ4v) is 2.01. The molecule has 0 unspecified atom stereocenters. The molecule has 0 spiro atoms. The zero-order chi connectivity index (χ0) is 13.3. The van der Waals surface area contributed by atoms with Crippen molar-refractivity contribution in [3.8, 4) is 0 Å². The number of carbonyl (C=O) groups is 1. The summed E-state index contributed by atoms with van der Waals surface area (Å²) in [6.07, 6.45) is 0.488. The molecule has 1 aliphatic heterocycles. The normalized spacial score (nSPS) is 31.5. The van der Waals surface area contributed by atoms with E-state index in [0.29, 0.717) is 0 Å². The quantitative estimate of drug-likeness (QED) is 0.444. The number of aromatic nitrogens is 1. The van der Waals surface area contributed by atoms with E-state index in [4.69, 9.17) is 10.5 Å². The molecule has 2 rings (SSSR count). The third kappa shape index (κ3) is 1.87. The third-order valence-corrected chi connectivity index (χ3v) is 3.08. The number of pyridine rings is 1. The lowest BCUT2D eigenvalue weighted by Crippen LogP contribution is -2.65. The van der Waals surface area contributed by atoms with Gasteiger partial charge in [0.25, 0.3) is 5.91 Å². The van der Waals surface area contributed by atoms with Crippen molar-refractivity contribution in [2.45, 2.75) is 17.9 Å². The van der Waals surface area contributed by atoms with Crippen molar-refractivity contribution in [2.24, 2.45) is 5.73 Å². The Morgan fingerprint density at radius 2 is 2.33 bits per heavy atom. The maximum Gasteiger partial charge on any atom is 0.324 e. The Morgan fingerprint density at radius 3 is 2.83 bits per heavy atom. The third-order valence-electron chi connectivity index (χ3n) is 3.08. The standard InChI is InChI=1S/C11H14N2O5/c12-10(17)7-2-1-3-13(4-7)11(6-14)9(16)8(15)5-18-11/h1-4,8-9,14-16H,5-6H2,(H-,12,17)/p+1/t8-,9+,11-/m0/s1. The molecule has 0 radical (unpaired) electrons. The van der Waals surface area contributed by atoms with E-state index in [1.807, 2.05) is 0 Å². The fourth-order valence-electron chi connectivity index (χ4n) is 2.01. The molecule has 0 bridgehead atoms. The molecule has 2 heterocycles. The number of hydrogen-bond acceptors (Lipinski definition) is 5. The highest BCUT2D eigenvalue weighted by molar-refractivity contribution is 5.92. The molecule has 1 amide bonds. The minimum Gasteiger partial charge on any atom is -0.388 e. The van der Waals surface area contributed by atoms with Crippen molar-refractivity contribution < 1.29 is 29.4 Å². The van der Waals surface area contributed by atoms with E-state index in [2.05, 4.69) is 0 Å². The van der Waals surface area contributed by atoms with Gasteiger partial charge in [-0.1, -0.05) is 0 Å². The van der Waals surface area contributed by atoms with Crippen molar-refractivity contribution >= 4 is 5.91 Å². The van der Waals surface area contributed by atoms with E-state index < -0.39 is 30.4 Å². The van der Waals surface area contributed by atoms with Gasteiger partial charge < -0.3 is 25.8 Å². The van der Waals surface area contributed by atoms with Gasteiger partial charge in [0, 0.05) is 6.07 Å². The molecule has 98 valence electrons. The van der Waals surface area contributed by atoms with Gasteiger partial charge in [-0.15, -0.1) is 0 Å². The van der Waals surface area contributed by atoms with E-state index in [0.717, 1.165) is 0 Å². The summed E-state index contributed by atoms with van der Waals surface area (Å²) in [5, 5.41) is 28.9. The predicted octanol–water partition coefficient (Wildman–Crippen LogP) is -2.53. The molecule has 7 heteroatoms. The Hall–Kier alpha value is -1.54. The van der Waals surface area contributed by atoms with Crippen molar-refractivity contribution in [1.29, 1.82) is 0 Å². The molecular weight excluding hydrogens is 240 g/mol. The van der Waals surface area contributed by atoms with Crippen LogP contribution in [0.25, 0.3) is 0 Å². The van der Waals surface area contributed by atoms with Gasteiger partial charge in [-0.2, -0.15) is 4.57 Å². The Morgan fingerprint density at radius 1 is 1.61 bits per heavy atom. The summed E-state index contributed by atoms with van der Waals surface area (Å²) < 4.78 is 6.64. The summed E-state index contributed by atoms with van der Waals surface area (Å²) in [7, 11) is 0. The minimum atomic E-state index is -1.50. The van der Waals surface area contributed by atoms with Gasteiger partial charge in [-0.3, -0.25) is 4.79 Å². The van der Waals surface area contributed by atoms with Gasteiger partial charge in [0.1, 0.15) is 18.3 Å². The highest BCUT2D eigenvalue weighted by Gasteiger charge is 2.57. The van der Waals surface area contributed by atoms with Crippen LogP contribution in [0.1, 0.15) is 10.4 Å². The molecule has 3 atom stereocenters. The Kier molecular flexibility index (Phi) is 3.31. The first kappa shape index (κ1) is 12.9. The average Bonchev–Trinajstić information content (AvgIpc) is 2.67. The fraction of sp³-hybridized carbons (Fsp3) is 0.455. The van der Waals surface area contributed by atoms with Crippen LogP contribution in [-0.2, 0) is 10.5 Å². The molecule has 5 N–H and O–H groups in total. The lowest BCUT2D eigenvalue weighted by atomic mass is 10.0. The van der Waals surface area contributed by atoms with Gasteiger partial charge in [-0.25, -0.2) is 0 Å². The van der Waals surface area contributed by atoms with Crippen LogP contribution in [0.15, 0.2) is 24.5 Å². The highest BCUT2D eigenvalue weighted by Crippen LogP contribution is 2.26. The molecule has 18 heavy (non-hydrogen) atoms. The molecule has 1 aliphatic rings. The van der Waals surface area contributed by atoms with Crippen LogP contribution in [0.2, 0.25) is 0 Å². The van der Waals surface area contributed by atoms with E-state index >= 15 is 0 Å². The van der Waals surface area contributed by atoms with Crippen LogP contribution in [0.5, 0.6) is 0 Å². The van der Waals surface area contributed by atoms with Crippen molar-refractivity contribution in [3.05, 3.63) is 30.1 Å². The van der Waals surface area contributed by atoms with Gasteiger partial charge in [0.15, 0.2) is 18.5 Å². The molecule has 0 saturated carbocycles. The summed E-state index contributed by atoms with van der Waals surface area (Å²) in [5.41, 5.74) is 3.88.